The second-order valence-corrected chi connectivity index (χ2v) is 23.0. The number of esters is 1. The molecule has 7 N–H and O–H groups in total. The molecule has 0 saturated carbocycles. The molecule has 82 heavy (non-hydrogen) atoms. The average molecular weight is 1150 g/mol. The molecule has 0 spiro atoms. The van der Waals surface area contributed by atoms with Gasteiger partial charge >= 0.3 is 5.97 Å². The van der Waals surface area contributed by atoms with E-state index in [4.69, 9.17) is 10.5 Å². The quantitative estimate of drug-likeness (QED) is 0.0420. The van der Waals surface area contributed by atoms with Crippen LogP contribution in [0, 0.1) is 23.7 Å². The van der Waals surface area contributed by atoms with Crippen molar-refractivity contribution in [3.05, 3.63) is 65.7 Å². The zero-order chi connectivity index (χ0) is 61.4. The zero-order valence-corrected chi connectivity index (χ0v) is 50.7. The van der Waals surface area contributed by atoms with Gasteiger partial charge in [-0.25, -0.2) is 4.79 Å². The molecular weight excluding hydrogens is 1050 g/mol. The number of methoxy groups -OCH3 is 1. The van der Waals surface area contributed by atoms with Gasteiger partial charge in [0, 0.05) is 59.9 Å². The number of amides is 9. The molecule has 3 rings (SSSR count). The van der Waals surface area contributed by atoms with Crippen molar-refractivity contribution in [3.8, 4) is 5.75 Å². The summed E-state index contributed by atoms with van der Waals surface area (Å²) in [5.74, 6) is -6.74. The van der Waals surface area contributed by atoms with E-state index >= 15 is 0 Å². The van der Waals surface area contributed by atoms with Crippen molar-refractivity contribution in [1.29, 1.82) is 0 Å². The molecule has 0 unspecified atom stereocenters. The number of hydrogen-bond donors (Lipinski definition) is 6. The van der Waals surface area contributed by atoms with Crippen LogP contribution in [0.15, 0.2) is 54.6 Å². The number of nitrogens with two attached hydrogens (primary N) is 1. The predicted molar refractivity (Wildman–Crippen MR) is 312 cm³/mol. The Bertz CT molecular complexity index is 2440. The van der Waals surface area contributed by atoms with Crippen molar-refractivity contribution in [2.45, 2.75) is 188 Å². The number of nitrogens with one attached hydrogen (secondary N) is 4. The van der Waals surface area contributed by atoms with Crippen LogP contribution in [0.25, 0.3) is 0 Å². The Morgan fingerprint density at radius 3 is 1.91 bits per heavy atom. The maximum absolute atomic E-state index is 14.7. The lowest BCUT2D eigenvalue weighted by molar-refractivity contribution is -0.154. The molecule has 1 aliphatic rings. The van der Waals surface area contributed by atoms with Crippen molar-refractivity contribution in [2.24, 2.45) is 29.4 Å². The lowest BCUT2D eigenvalue weighted by Gasteiger charge is -2.37. The highest BCUT2D eigenvalue weighted by Crippen LogP contribution is 2.24. The summed E-state index contributed by atoms with van der Waals surface area (Å²) in [6.07, 6.45) is 5.01. The normalized spacial score (nSPS) is 15.7. The number of rotatable bonds is 34. The summed E-state index contributed by atoms with van der Waals surface area (Å²) >= 11 is 0. The minimum Gasteiger partial charge on any atom is -0.508 e. The van der Waals surface area contributed by atoms with Crippen molar-refractivity contribution >= 4 is 59.1 Å². The summed E-state index contributed by atoms with van der Waals surface area (Å²) in [7, 11) is 5.72. The van der Waals surface area contributed by atoms with E-state index in [1.807, 2.05) is 51.1 Å². The molecule has 8 atom stereocenters. The van der Waals surface area contributed by atoms with Crippen LogP contribution in [0.3, 0.4) is 0 Å². The number of likely N-dealkylation sites (tertiary alicyclic amines) is 1. The first-order valence-electron chi connectivity index (χ1n) is 29.2. The standard InChI is InChI=1S/C61H95N9O12/c1-13-41(8)53(66-56(76)47(36-38(2)3)67(9)51(74)27-18-15-19-34-63-50(73)26-20-24-42-28-30-44(71)31-29-42)60(80)69(11)54(40(6)7)57(77)64-45(32-33-49(62)72)55(75)65-52(39(4)5)59(79)68(10)48(37-43-22-16-14-17-23-43)58(78)70-35-21-25-46(70)61(81)82-12/h14,16-17,22-23,28-31,38-41,45-48,52-54,71H,13,15,18-21,24-27,32-37H2,1-12H3,(H2,62,72)(H,63,73)(H,64,77)(H,65,75)(H,66,76)/t41-,45-,46-,47-,48+,52-,53-,54-/m0/s1. The fraction of sp³-hybridized carbons (Fsp3) is 0.639. The van der Waals surface area contributed by atoms with E-state index in [1.54, 1.807) is 65.9 Å². The summed E-state index contributed by atoms with van der Waals surface area (Å²) in [4.78, 5) is 143. The molecule has 0 radical (unpaired) electrons. The summed E-state index contributed by atoms with van der Waals surface area (Å²) in [6.45, 7) is 15.1. The molecule has 0 aromatic heterocycles. The molecule has 2 aromatic rings. The number of phenolic OH excluding ortho intramolecular Hbond substituents is 1. The molecule has 0 bridgehead atoms. The largest absolute Gasteiger partial charge is 0.508 e. The maximum atomic E-state index is 14.7. The van der Waals surface area contributed by atoms with Gasteiger partial charge < -0.3 is 56.4 Å². The second-order valence-electron chi connectivity index (χ2n) is 23.0. The van der Waals surface area contributed by atoms with E-state index in [0.717, 1.165) is 11.1 Å². The third-order valence-corrected chi connectivity index (χ3v) is 15.4. The van der Waals surface area contributed by atoms with Crippen molar-refractivity contribution in [1.82, 2.24) is 40.9 Å². The van der Waals surface area contributed by atoms with Gasteiger partial charge in [0.05, 0.1) is 7.11 Å². The predicted octanol–water partition coefficient (Wildman–Crippen LogP) is 4.40. The van der Waals surface area contributed by atoms with Gasteiger partial charge in [-0.15, -0.1) is 0 Å². The highest BCUT2D eigenvalue weighted by Gasteiger charge is 2.43. The molecule has 21 heteroatoms. The Morgan fingerprint density at radius 1 is 0.695 bits per heavy atom. The van der Waals surface area contributed by atoms with E-state index in [9.17, 15) is 53.1 Å². The van der Waals surface area contributed by atoms with Crippen LogP contribution in [0.2, 0.25) is 0 Å². The number of likely N-dealkylation sites (N-methyl/N-ethyl adjacent to an activating group) is 3. The van der Waals surface area contributed by atoms with Crippen LogP contribution >= 0.6 is 0 Å². The number of ether oxygens (including phenoxy) is 1. The summed E-state index contributed by atoms with van der Waals surface area (Å²) in [5, 5.41) is 20.9. The van der Waals surface area contributed by atoms with Crippen LogP contribution in [0.1, 0.15) is 144 Å². The molecule has 21 nitrogen and oxygen atoms in total. The van der Waals surface area contributed by atoms with Gasteiger partial charge in [0.15, 0.2) is 0 Å². The Morgan fingerprint density at radius 2 is 1.33 bits per heavy atom. The average Bonchev–Trinajstić information content (AvgIpc) is 4.10. The highest BCUT2D eigenvalue weighted by molar-refractivity contribution is 5.98. The number of aryl methyl sites for hydroxylation is 1. The molecule has 1 aliphatic heterocycles. The van der Waals surface area contributed by atoms with E-state index in [-0.39, 0.29) is 55.7 Å². The van der Waals surface area contributed by atoms with Crippen LogP contribution in [-0.4, -0.2) is 167 Å². The monoisotopic (exact) mass is 1150 g/mol. The van der Waals surface area contributed by atoms with Crippen LogP contribution in [0.5, 0.6) is 5.75 Å². The smallest absolute Gasteiger partial charge is 0.328 e. The molecule has 456 valence electrons. The zero-order valence-electron chi connectivity index (χ0n) is 50.7. The Hall–Kier alpha value is -7.06. The summed E-state index contributed by atoms with van der Waals surface area (Å²) in [5.41, 5.74) is 7.34. The number of benzene rings is 2. The minimum absolute atomic E-state index is 0.0114. The fourth-order valence-corrected chi connectivity index (χ4v) is 10.2. The van der Waals surface area contributed by atoms with E-state index in [0.29, 0.717) is 70.8 Å². The first kappa shape index (κ1) is 69.2. The van der Waals surface area contributed by atoms with E-state index < -0.39 is 107 Å². The number of phenols is 1. The second kappa shape index (κ2) is 34.4. The Kier molecular flexibility index (Phi) is 29.0. The third-order valence-electron chi connectivity index (χ3n) is 15.4. The van der Waals surface area contributed by atoms with E-state index in [2.05, 4.69) is 21.3 Å². The first-order valence-corrected chi connectivity index (χ1v) is 29.2. The maximum Gasteiger partial charge on any atom is 0.328 e. The topological polar surface area (TPSA) is 287 Å². The van der Waals surface area contributed by atoms with Crippen LogP contribution in [0.4, 0.5) is 0 Å². The number of carbonyl (C=O) groups excluding carboxylic acids is 10. The van der Waals surface area contributed by atoms with Crippen molar-refractivity contribution in [3.63, 3.8) is 0 Å². The SMILES string of the molecule is CC[C@H](C)[C@H](NC(=O)[C@H](CC(C)C)N(C)C(=O)CCCCCNC(=O)CCCc1ccc(O)cc1)C(=O)N(C)[C@H](C(=O)N[C@@H](CCC(N)=O)C(=O)N[C@H](C(=O)N(C)[C@H](Cc1ccccc1)C(=O)N1CCC[C@H]1C(=O)OC)C(C)C)C(C)C. The van der Waals surface area contributed by atoms with Gasteiger partial charge in [0.1, 0.15) is 48.0 Å². The van der Waals surface area contributed by atoms with Gasteiger partial charge in [0.2, 0.25) is 53.2 Å². The highest BCUT2D eigenvalue weighted by atomic mass is 16.5. The number of primary amides is 1. The summed E-state index contributed by atoms with van der Waals surface area (Å²) in [6, 6.07) is 8.13. The van der Waals surface area contributed by atoms with Gasteiger partial charge in [-0.3, -0.25) is 43.2 Å². The minimum atomic E-state index is -1.42. The van der Waals surface area contributed by atoms with Crippen LogP contribution in [-0.2, 0) is 65.5 Å². The number of unbranched alkanes of at least 4 members (excludes halogenated alkanes) is 2. The van der Waals surface area contributed by atoms with Gasteiger partial charge in [0.25, 0.3) is 0 Å². The fourth-order valence-electron chi connectivity index (χ4n) is 10.2. The van der Waals surface area contributed by atoms with Crippen LogP contribution < -0.4 is 27.0 Å². The number of aromatic hydroxyl groups is 1. The molecule has 0 aliphatic carbocycles. The van der Waals surface area contributed by atoms with Crippen molar-refractivity contribution in [2.75, 3.05) is 41.3 Å². The van der Waals surface area contributed by atoms with E-state index in [1.165, 1.54) is 40.8 Å². The molecule has 1 heterocycles. The Labute approximate surface area is 485 Å². The van der Waals surface area contributed by atoms with Gasteiger partial charge in [-0.05, 0) is 98.3 Å². The number of carbonyl (C=O) groups is 10. The molecule has 1 fully saturated rings. The van der Waals surface area contributed by atoms with Gasteiger partial charge in [-0.1, -0.05) is 111 Å². The lowest BCUT2D eigenvalue weighted by atomic mass is 9.94. The van der Waals surface area contributed by atoms with Gasteiger partial charge in [-0.2, -0.15) is 0 Å². The number of hydrogen-bond acceptors (Lipinski definition) is 12. The number of nitrogens with zero attached hydrogens (tertiary/aromatic N) is 4. The third kappa shape index (κ3) is 21.4. The first-order chi connectivity index (χ1) is 38.7. The molecule has 9 amide bonds. The lowest BCUT2D eigenvalue weighted by Crippen LogP contribution is -2.62. The summed E-state index contributed by atoms with van der Waals surface area (Å²) < 4.78 is 5.00. The molecule has 2 aromatic carbocycles. The van der Waals surface area contributed by atoms with Crippen molar-refractivity contribution < 1.29 is 57.8 Å². The molecular formula is C61H95N9O12. The molecule has 1 saturated heterocycles. The Balaban J connectivity index is 1.76.